The number of unbranched alkanes of at least 4 members (excludes halogenated alkanes) is 1. The highest BCUT2D eigenvalue weighted by molar-refractivity contribution is 7.80. The Morgan fingerprint density at radius 3 is 2.88 bits per heavy atom. The summed E-state index contributed by atoms with van der Waals surface area (Å²) in [6.45, 7) is 6.35. The molecule has 4 heteroatoms. The largest absolute Gasteiger partial charge is 0.389 e. The average molecular weight is 251 g/mol. The summed E-state index contributed by atoms with van der Waals surface area (Å²) < 4.78 is 0. The molecule has 1 atom stereocenters. The fraction of sp³-hybridized carbons (Fsp3) is 0.538. The van der Waals surface area contributed by atoms with E-state index < -0.39 is 0 Å². The Kier molecular flexibility index (Phi) is 5.35. The zero-order chi connectivity index (χ0) is 12.8. The smallest absolute Gasteiger partial charge is 0.136 e. The Bertz CT molecular complexity index is 390. The molecule has 1 aromatic rings. The molecule has 17 heavy (non-hydrogen) atoms. The maximum atomic E-state index is 5.74. The number of rotatable bonds is 6. The van der Waals surface area contributed by atoms with E-state index in [2.05, 4.69) is 24.1 Å². The standard InChI is InChI=1S/C13H21N3S/c1-4-5-6-10(3)16-13-11(12(14)17)9(2)7-8-15-13/h7-8,10H,4-6H2,1-3H3,(H2,14,17)(H,15,16). The topological polar surface area (TPSA) is 50.9 Å². The van der Waals surface area contributed by atoms with Gasteiger partial charge in [-0.25, -0.2) is 4.98 Å². The highest BCUT2D eigenvalue weighted by atomic mass is 32.1. The Morgan fingerprint density at radius 2 is 2.29 bits per heavy atom. The number of anilines is 1. The van der Waals surface area contributed by atoms with E-state index in [1.807, 2.05) is 13.0 Å². The Morgan fingerprint density at radius 1 is 1.59 bits per heavy atom. The molecule has 0 aliphatic carbocycles. The molecule has 0 fully saturated rings. The van der Waals surface area contributed by atoms with Gasteiger partial charge in [-0.1, -0.05) is 32.0 Å². The van der Waals surface area contributed by atoms with Gasteiger partial charge < -0.3 is 11.1 Å². The number of nitrogens with one attached hydrogen (secondary N) is 1. The third kappa shape index (κ3) is 3.97. The molecule has 0 spiro atoms. The van der Waals surface area contributed by atoms with Crippen molar-refractivity contribution in [3.63, 3.8) is 0 Å². The Hall–Kier alpha value is -1.16. The molecule has 1 aromatic heterocycles. The molecule has 1 heterocycles. The second-order valence-electron chi connectivity index (χ2n) is 4.40. The molecule has 1 rings (SSSR count). The van der Waals surface area contributed by atoms with E-state index in [0.29, 0.717) is 11.0 Å². The van der Waals surface area contributed by atoms with Gasteiger partial charge in [0.05, 0.1) is 5.56 Å². The minimum atomic E-state index is 0.386. The number of pyridine rings is 1. The van der Waals surface area contributed by atoms with Gasteiger partial charge in [0, 0.05) is 12.2 Å². The third-order valence-corrected chi connectivity index (χ3v) is 2.98. The maximum absolute atomic E-state index is 5.74. The van der Waals surface area contributed by atoms with Gasteiger partial charge in [-0.15, -0.1) is 0 Å². The monoisotopic (exact) mass is 251 g/mol. The van der Waals surface area contributed by atoms with Gasteiger partial charge in [-0.05, 0) is 31.9 Å². The lowest BCUT2D eigenvalue weighted by molar-refractivity contribution is 0.643. The van der Waals surface area contributed by atoms with Crippen molar-refractivity contribution >= 4 is 23.0 Å². The van der Waals surface area contributed by atoms with Crippen LogP contribution in [0.1, 0.15) is 44.2 Å². The quantitative estimate of drug-likeness (QED) is 0.763. The number of aromatic nitrogens is 1. The molecule has 0 aliphatic rings. The van der Waals surface area contributed by atoms with Crippen LogP contribution in [-0.2, 0) is 0 Å². The molecule has 3 N–H and O–H groups in total. The van der Waals surface area contributed by atoms with E-state index in [1.165, 1.54) is 12.8 Å². The Labute approximate surface area is 109 Å². The lowest BCUT2D eigenvalue weighted by atomic mass is 10.1. The second-order valence-corrected chi connectivity index (χ2v) is 4.84. The van der Waals surface area contributed by atoms with Crippen molar-refractivity contribution in [2.45, 2.75) is 46.1 Å². The Balaban J connectivity index is 2.83. The van der Waals surface area contributed by atoms with Crippen LogP contribution < -0.4 is 11.1 Å². The highest BCUT2D eigenvalue weighted by Crippen LogP contribution is 2.18. The van der Waals surface area contributed by atoms with Crippen LogP contribution in [-0.4, -0.2) is 16.0 Å². The van der Waals surface area contributed by atoms with Crippen molar-refractivity contribution < 1.29 is 0 Å². The number of hydrogen-bond acceptors (Lipinski definition) is 3. The minimum Gasteiger partial charge on any atom is -0.389 e. The first-order valence-electron chi connectivity index (χ1n) is 6.08. The van der Waals surface area contributed by atoms with E-state index in [-0.39, 0.29) is 0 Å². The van der Waals surface area contributed by atoms with E-state index in [0.717, 1.165) is 23.4 Å². The van der Waals surface area contributed by atoms with Crippen LogP contribution in [0.2, 0.25) is 0 Å². The van der Waals surface area contributed by atoms with Gasteiger partial charge in [0.1, 0.15) is 10.8 Å². The summed E-state index contributed by atoms with van der Waals surface area (Å²) in [5.41, 5.74) is 7.68. The number of nitrogens with two attached hydrogens (primary N) is 1. The lowest BCUT2D eigenvalue weighted by Gasteiger charge is -2.17. The number of hydrogen-bond donors (Lipinski definition) is 2. The lowest BCUT2D eigenvalue weighted by Crippen LogP contribution is -2.21. The van der Waals surface area contributed by atoms with E-state index in [4.69, 9.17) is 18.0 Å². The van der Waals surface area contributed by atoms with Crippen LogP contribution in [0.3, 0.4) is 0 Å². The van der Waals surface area contributed by atoms with Crippen LogP contribution in [0.15, 0.2) is 12.3 Å². The van der Waals surface area contributed by atoms with Gasteiger partial charge in [0.2, 0.25) is 0 Å². The van der Waals surface area contributed by atoms with Gasteiger partial charge in [-0.2, -0.15) is 0 Å². The second kappa shape index (κ2) is 6.55. The predicted octanol–water partition coefficient (Wildman–Crippen LogP) is 3.01. The number of aryl methyl sites for hydroxylation is 1. The molecule has 0 bridgehead atoms. The van der Waals surface area contributed by atoms with Crippen molar-refractivity contribution in [3.8, 4) is 0 Å². The van der Waals surface area contributed by atoms with Crippen molar-refractivity contribution in [1.82, 2.24) is 4.98 Å². The summed E-state index contributed by atoms with van der Waals surface area (Å²) in [6.07, 6.45) is 5.33. The summed E-state index contributed by atoms with van der Waals surface area (Å²) in [7, 11) is 0. The van der Waals surface area contributed by atoms with E-state index >= 15 is 0 Å². The molecule has 1 unspecified atom stereocenters. The van der Waals surface area contributed by atoms with Gasteiger partial charge >= 0.3 is 0 Å². The van der Waals surface area contributed by atoms with Crippen molar-refractivity contribution in [1.29, 1.82) is 0 Å². The fourth-order valence-electron chi connectivity index (χ4n) is 1.79. The van der Waals surface area contributed by atoms with Crippen molar-refractivity contribution in [2.75, 3.05) is 5.32 Å². The van der Waals surface area contributed by atoms with Gasteiger partial charge in [-0.3, -0.25) is 0 Å². The minimum absolute atomic E-state index is 0.386. The molecule has 94 valence electrons. The molecule has 0 aliphatic heterocycles. The first-order chi connectivity index (χ1) is 8.06. The van der Waals surface area contributed by atoms with Crippen molar-refractivity contribution in [2.24, 2.45) is 5.73 Å². The normalized spacial score (nSPS) is 12.2. The molecular weight excluding hydrogens is 230 g/mol. The zero-order valence-corrected chi connectivity index (χ0v) is 11.6. The summed E-state index contributed by atoms with van der Waals surface area (Å²) in [5.74, 6) is 0.807. The molecule has 0 saturated carbocycles. The van der Waals surface area contributed by atoms with E-state index in [9.17, 15) is 0 Å². The summed E-state index contributed by atoms with van der Waals surface area (Å²) >= 11 is 5.08. The average Bonchev–Trinajstić information content (AvgIpc) is 2.25. The first kappa shape index (κ1) is 13.9. The molecular formula is C13H21N3S. The summed E-state index contributed by atoms with van der Waals surface area (Å²) in [6, 6.07) is 2.31. The number of nitrogens with zero attached hydrogens (tertiary/aromatic N) is 1. The zero-order valence-electron chi connectivity index (χ0n) is 10.8. The van der Waals surface area contributed by atoms with Crippen LogP contribution in [0.4, 0.5) is 5.82 Å². The molecule has 0 aromatic carbocycles. The third-order valence-electron chi connectivity index (χ3n) is 2.78. The highest BCUT2D eigenvalue weighted by Gasteiger charge is 2.11. The maximum Gasteiger partial charge on any atom is 0.136 e. The molecule has 0 amide bonds. The number of thiocarbonyl (C=S) groups is 1. The SMILES string of the molecule is CCCCC(C)Nc1nccc(C)c1C(N)=S. The van der Waals surface area contributed by atoms with Crippen LogP contribution >= 0.6 is 12.2 Å². The van der Waals surface area contributed by atoms with Crippen LogP contribution in [0.25, 0.3) is 0 Å². The van der Waals surface area contributed by atoms with Crippen molar-refractivity contribution in [3.05, 3.63) is 23.4 Å². The summed E-state index contributed by atoms with van der Waals surface area (Å²) in [4.78, 5) is 4.73. The summed E-state index contributed by atoms with van der Waals surface area (Å²) in [5, 5.41) is 3.39. The predicted molar refractivity (Wildman–Crippen MR) is 77.5 cm³/mol. The molecule has 0 saturated heterocycles. The first-order valence-corrected chi connectivity index (χ1v) is 6.49. The van der Waals surface area contributed by atoms with Gasteiger partial charge in [0.25, 0.3) is 0 Å². The fourth-order valence-corrected chi connectivity index (χ4v) is 2.05. The van der Waals surface area contributed by atoms with Crippen LogP contribution in [0.5, 0.6) is 0 Å². The van der Waals surface area contributed by atoms with Crippen LogP contribution in [0, 0.1) is 6.92 Å². The van der Waals surface area contributed by atoms with Gasteiger partial charge in [0.15, 0.2) is 0 Å². The molecule has 3 nitrogen and oxygen atoms in total. The van der Waals surface area contributed by atoms with E-state index in [1.54, 1.807) is 6.20 Å². The molecule has 0 radical (unpaired) electrons.